The summed E-state index contributed by atoms with van der Waals surface area (Å²) in [5.74, 6) is -0.928. The van der Waals surface area contributed by atoms with Crippen LogP contribution in [0.15, 0.2) is 11.0 Å². The molecule has 0 saturated carbocycles. The SMILES string of the molecule is Nc1cc(C(F)F)c(S(N)(=O)=O)c(N)n1. The predicted molar refractivity (Wildman–Crippen MR) is 49.4 cm³/mol. The molecule has 0 saturated heterocycles. The average molecular weight is 238 g/mol. The Morgan fingerprint density at radius 3 is 2.27 bits per heavy atom. The molecule has 1 aromatic heterocycles. The van der Waals surface area contributed by atoms with Crippen LogP contribution in [0.2, 0.25) is 0 Å². The number of nitrogens with zero attached hydrogens (tertiary/aromatic N) is 1. The third-order valence-electron chi connectivity index (χ3n) is 1.57. The smallest absolute Gasteiger partial charge is 0.265 e. The third-order valence-corrected chi connectivity index (χ3v) is 2.58. The number of rotatable bonds is 2. The van der Waals surface area contributed by atoms with Crippen molar-refractivity contribution in [2.75, 3.05) is 11.5 Å². The van der Waals surface area contributed by atoms with Crippen molar-refractivity contribution in [2.45, 2.75) is 11.3 Å². The molecular formula is C6H8F2N4O2S. The first-order valence-electron chi connectivity index (χ1n) is 3.60. The van der Waals surface area contributed by atoms with Gasteiger partial charge in [0.05, 0.1) is 0 Å². The van der Waals surface area contributed by atoms with Crippen LogP contribution in [0.25, 0.3) is 0 Å². The van der Waals surface area contributed by atoms with Gasteiger partial charge < -0.3 is 11.5 Å². The third kappa shape index (κ3) is 2.30. The number of hydrogen-bond donors (Lipinski definition) is 3. The Labute approximate surface area is 84.1 Å². The van der Waals surface area contributed by atoms with Gasteiger partial charge in [-0.2, -0.15) is 0 Å². The number of nitrogens with two attached hydrogens (primary N) is 3. The molecule has 0 atom stereocenters. The molecule has 1 rings (SSSR count). The highest BCUT2D eigenvalue weighted by atomic mass is 32.2. The molecule has 0 unspecified atom stereocenters. The zero-order valence-electron chi connectivity index (χ0n) is 7.31. The lowest BCUT2D eigenvalue weighted by atomic mass is 10.2. The Balaban J connectivity index is 3.62. The first-order valence-corrected chi connectivity index (χ1v) is 5.15. The molecule has 15 heavy (non-hydrogen) atoms. The standard InChI is InChI=1S/C6H8F2N4O2S/c7-5(8)2-1-3(9)12-6(10)4(2)15(11,13)14/h1,5H,(H4,9,10,12)(H2,11,13,14). The first-order chi connectivity index (χ1) is 6.73. The number of nitrogen functional groups attached to an aromatic ring is 2. The van der Waals surface area contributed by atoms with Gasteiger partial charge >= 0.3 is 0 Å². The van der Waals surface area contributed by atoms with E-state index in [-0.39, 0.29) is 5.82 Å². The lowest BCUT2D eigenvalue weighted by Gasteiger charge is -2.09. The monoisotopic (exact) mass is 238 g/mol. The number of pyridine rings is 1. The number of halogens is 2. The lowest BCUT2D eigenvalue weighted by Crippen LogP contribution is -2.18. The van der Waals surface area contributed by atoms with Gasteiger partial charge in [0.1, 0.15) is 16.5 Å². The number of aromatic nitrogens is 1. The molecule has 0 amide bonds. The van der Waals surface area contributed by atoms with Gasteiger partial charge in [0.15, 0.2) is 0 Å². The molecule has 0 spiro atoms. The van der Waals surface area contributed by atoms with Crippen LogP contribution in [0.5, 0.6) is 0 Å². The molecule has 0 aliphatic heterocycles. The van der Waals surface area contributed by atoms with Crippen molar-refractivity contribution in [3.8, 4) is 0 Å². The molecule has 0 aromatic carbocycles. The molecule has 6 nitrogen and oxygen atoms in total. The van der Waals surface area contributed by atoms with E-state index in [0.29, 0.717) is 0 Å². The maximum atomic E-state index is 12.5. The fourth-order valence-electron chi connectivity index (χ4n) is 1.07. The van der Waals surface area contributed by atoms with Gasteiger partial charge in [-0.15, -0.1) is 0 Å². The van der Waals surface area contributed by atoms with Crippen LogP contribution in [-0.2, 0) is 10.0 Å². The topological polar surface area (TPSA) is 125 Å². The summed E-state index contributed by atoms with van der Waals surface area (Å²) < 4.78 is 46.9. The number of sulfonamides is 1. The van der Waals surface area contributed by atoms with E-state index in [4.69, 9.17) is 16.6 Å². The van der Waals surface area contributed by atoms with Crippen molar-refractivity contribution in [1.29, 1.82) is 0 Å². The van der Waals surface area contributed by atoms with Crippen molar-refractivity contribution >= 4 is 21.7 Å². The van der Waals surface area contributed by atoms with Crippen molar-refractivity contribution in [2.24, 2.45) is 5.14 Å². The predicted octanol–water partition coefficient (Wildman–Crippen LogP) is -0.169. The summed E-state index contributed by atoms with van der Waals surface area (Å²) in [6.07, 6.45) is -3.05. The number of hydrogen-bond acceptors (Lipinski definition) is 5. The zero-order chi connectivity index (χ0) is 11.8. The first kappa shape index (κ1) is 11.6. The largest absolute Gasteiger partial charge is 0.384 e. The molecule has 0 fully saturated rings. The zero-order valence-corrected chi connectivity index (χ0v) is 8.13. The Morgan fingerprint density at radius 1 is 1.33 bits per heavy atom. The van der Waals surface area contributed by atoms with Crippen LogP contribution in [0, 0.1) is 0 Å². The van der Waals surface area contributed by atoms with E-state index < -0.39 is 32.7 Å². The molecule has 0 bridgehead atoms. The summed E-state index contributed by atoms with van der Waals surface area (Å²) in [6.45, 7) is 0. The molecule has 6 N–H and O–H groups in total. The number of anilines is 2. The van der Waals surface area contributed by atoms with E-state index in [0.717, 1.165) is 6.07 Å². The van der Waals surface area contributed by atoms with E-state index in [2.05, 4.69) is 4.98 Å². The van der Waals surface area contributed by atoms with Crippen molar-refractivity contribution in [3.63, 3.8) is 0 Å². The van der Waals surface area contributed by atoms with Crippen molar-refractivity contribution in [3.05, 3.63) is 11.6 Å². The van der Waals surface area contributed by atoms with Crippen LogP contribution in [-0.4, -0.2) is 13.4 Å². The van der Waals surface area contributed by atoms with Gasteiger partial charge in [-0.3, -0.25) is 0 Å². The normalized spacial score (nSPS) is 12.0. The van der Waals surface area contributed by atoms with Crippen LogP contribution < -0.4 is 16.6 Å². The summed E-state index contributed by atoms with van der Waals surface area (Å²) in [5, 5.41) is 4.72. The van der Waals surface area contributed by atoms with Crippen LogP contribution >= 0.6 is 0 Å². The van der Waals surface area contributed by atoms with Gasteiger partial charge in [-0.25, -0.2) is 27.3 Å². The van der Waals surface area contributed by atoms with E-state index in [1.807, 2.05) is 0 Å². The summed E-state index contributed by atoms with van der Waals surface area (Å²) in [6, 6.07) is 0.723. The van der Waals surface area contributed by atoms with Crippen molar-refractivity contribution in [1.82, 2.24) is 4.98 Å². The summed E-state index contributed by atoms with van der Waals surface area (Å²) >= 11 is 0. The summed E-state index contributed by atoms with van der Waals surface area (Å²) in [7, 11) is -4.35. The van der Waals surface area contributed by atoms with Crippen molar-refractivity contribution < 1.29 is 17.2 Å². The second-order valence-electron chi connectivity index (χ2n) is 2.70. The molecule has 0 aliphatic carbocycles. The minimum absolute atomic E-state index is 0.296. The Hall–Kier alpha value is -1.48. The number of alkyl halides is 2. The molecule has 0 radical (unpaired) electrons. The summed E-state index contributed by atoms with van der Waals surface area (Å²) in [4.78, 5) is 2.46. The van der Waals surface area contributed by atoms with E-state index in [9.17, 15) is 17.2 Å². The fraction of sp³-hybridized carbons (Fsp3) is 0.167. The van der Waals surface area contributed by atoms with Gasteiger partial charge in [0, 0.05) is 5.56 Å². The fourth-order valence-corrected chi connectivity index (χ4v) is 1.88. The molecule has 1 heterocycles. The highest BCUT2D eigenvalue weighted by Gasteiger charge is 2.25. The van der Waals surface area contributed by atoms with Crippen LogP contribution in [0.1, 0.15) is 12.0 Å². The van der Waals surface area contributed by atoms with E-state index in [1.165, 1.54) is 0 Å². The molecular weight excluding hydrogens is 230 g/mol. The van der Waals surface area contributed by atoms with E-state index >= 15 is 0 Å². The Morgan fingerprint density at radius 2 is 1.87 bits per heavy atom. The molecule has 0 aliphatic rings. The maximum Gasteiger partial charge on any atom is 0.265 e. The molecule has 84 valence electrons. The highest BCUT2D eigenvalue weighted by molar-refractivity contribution is 7.89. The second kappa shape index (κ2) is 3.59. The minimum Gasteiger partial charge on any atom is -0.384 e. The Kier molecular flexibility index (Phi) is 2.77. The molecule has 9 heteroatoms. The second-order valence-corrected chi connectivity index (χ2v) is 4.19. The maximum absolute atomic E-state index is 12.5. The van der Waals surface area contributed by atoms with Crippen LogP contribution in [0.3, 0.4) is 0 Å². The minimum atomic E-state index is -4.35. The Bertz CT molecular complexity index is 488. The summed E-state index contributed by atoms with van der Waals surface area (Å²) in [5.41, 5.74) is 9.47. The van der Waals surface area contributed by atoms with Gasteiger partial charge in [-0.05, 0) is 6.07 Å². The molecule has 1 aromatic rings. The van der Waals surface area contributed by atoms with Gasteiger partial charge in [-0.1, -0.05) is 0 Å². The average Bonchev–Trinajstić information content (AvgIpc) is 1.99. The van der Waals surface area contributed by atoms with Gasteiger partial charge in [0.2, 0.25) is 10.0 Å². The quantitative estimate of drug-likeness (QED) is 0.659. The van der Waals surface area contributed by atoms with Crippen LogP contribution in [0.4, 0.5) is 20.4 Å². The van der Waals surface area contributed by atoms with E-state index in [1.54, 1.807) is 0 Å². The lowest BCUT2D eigenvalue weighted by molar-refractivity contribution is 0.148. The van der Waals surface area contributed by atoms with Gasteiger partial charge in [0.25, 0.3) is 6.43 Å². The highest BCUT2D eigenvalue weighted by Crippen LogP contribution is 2.30. The number of primary sulfonamides is 1.